The van der Waals surface area contributed by atoms with Gasteiger partial charge in [0, 0.05) is 32.0 Å². The van der Waals surface area contributed by atoms with E-state index >= 15 is 0 Å². The molecule has 3 heteroatoms. The highest BCUT2D eigenvalue weighted by molar-refractivity contribution is 5.76. The van der Waals surface area contributed by atoms with Gasteiger partial charge in [0.2, 0.25) is 5.91 Å². The van der Waals surface area contributed by atoms with Crippen LogP contribution in [0.15, 0.2) is 0 Å². The van der Waals surface area contributed by atoms with E-state index in [1.54, 1.807) is 0 Å². The average Bonchev–Trinajstić information content (AvgIpc) is 2.62. The summed E-state index contributed by atoms with van der Waals surface area (Å²) in [5, 5.41) is 8.90. The predicted molar refractivity (Wildman–Crippen MR) is 51.3 cm³/mol. The van der Waals surface area contributed by atoms with Crippen LogP contribution in [0.2, 0.25) is 0 Å². The molecule has 1 aliphatic rings. The van der Waals surface area contributed by atoms with Gasteiger partial charge in [-0.05, 0) is 12.8 Å². The summed E-state index contributed by atoms with van der Waals surface area (Å²) in [4.78, 5) is 13.4. The second-order valence-electron chi connectivity index (χ2n) is 3.78. The van der Waals surface area contributed by atoms with Gasteiger partial charge in [0.15, 0.2) is 0 Å². The Morgan fingerprint density at radius 2 is 2.38 bits per heavy atom. The summed E-state index contributed by atoms with van der Waals surface area (Å²) < 4.78 is 0. The second kappa shape index (κ2) is 5.22. The first-order valence-corrected chi connectivity index (χ1v) is 5.16. The number of hydrogen-bond acceptors (Lipinski definition) is 2. The molecule has 1 fully saturated rings. The van der Waals surface area contributed by atoms with Crippen LogP contribution >= 0.6 is 0 Å². The first kappa shape index (κ1) is 10.5. The summed E-state index contributed by atoms with van der Waals surface area (Å²) in [6.07, 6.45) is 3.70. The molecule has 0 aromatic carbocycles. The molecule has 0 radical (unpaired) electrons. The van der Waals surface area contributed by atoms with Gasteiger partial charge < -0.3 is 10.0 Å². The number of nitrogens with zero attached hydrogens (tertiary/aromatic N) is 1. The maximum absolute atomic E-state index is 11.5. The van der Waals surface area contributed by atoms with E-state index < -0.39 is 0 Å². The SMILES string of the molecule is CCCCC(=O)N1CCC(CO)C1. The van der Waals surface area contributed by atoms with Gasteiger partial charge in [0.05, 0.1) is 0 Å². The molecule has 0 aliphatic carbocycles. The lowest BCUT2D eigenvalue weighted by molar-refractivity contribution is -0.130. The van der Waals surface area contributed by atoms with Crippen molar-refractivity contribution in [1.82, 2.24) is 4.90 Å². The Morgan fingerprint density at radius 3 is 2.92 bits per heavy atom. The van der Waals surface area contributed by atoms with E-state index in [9.17, 15) is 4.79 Å². The maximum atomic E-state index is 11.5. The largest absolute Gasteiger partial charge is 0.396 e. The van der Waals surface area contributed by atoms with Crippen molar-refractivity contribution in [3.05, 3.63) is 0 Å². The Morgan fingerprint density at radius 1 is 1.62 bits per heavy atom. The minimum absolute atomic E-state index is 0.220. The Bertz CT molecular complexity index is 170. The fourth-order valence-corrected chi connectivity index (χ4v) is 1.69. The highest BCUT2D eigenvalue weighted by Gasteiger charge is 2.24. The smallest absolute Gasteiger partial charge is 0.222 e. The molecule has 1 saturated heterocycles. The quantitative estimate of drug-likeness (QED) is 0.710. The number of hydrogen-bond donors (Lipinski definition) is 1. The van der Waals surface area contributed by atoms with Crippen molar-refractivity contribution in [3.63, 3.8) is 0 Å². The molecule has 1 unspecified atom stereocenters. The van der Waals surface area contributed by atoms with Gasteiger partial charge in [0.1, 0.15) is 0 Å². The molecule has 0 aromatic rings. The van der Waals surface area contributed by atoms with Gasteiger partial charge in [-0.25, -0.2) is 0 Å². The van der Waals surface area contributed by atoms with Gasteiger partial charge in [-0.2, -0.15) is 0 Å². The predicted octanol–water partition coefficient (Wildman–Crippen LogP) is 1.02. The maximum Gasteiger partial charge on any atom is 0.222 e. The van der Waals surface area contributed by atoms with Crippen LogP contribution in [0.3, 0.4) is 0 Å². The minimum atomic E-state index is 0.220. The van der Waals surface area contributed by atoms with Crippen molar-refractivity contribution in [2.24, 2.45) is 5.92 Å². The van der Waals surface area contributed by atoms with Crippen molar-refractivity contribution in [2.45, 2.75) is 32.6 Å². The Kier molecular flexibility index (Phi) is 4.22. The van der Waals surface area contributed by atoms with Gasteiger partial charge in [-0.15, -0.1) is 0 Å². The number of aliphatic hydroxyl groups is 1. The minimum Gasteiger partial charge on any atom is -0.396 e. The van der Waals surface area contributed by atoms with Crippen molar-refractivity contribution in [2.75, 3.05) is 19.7 Å². The molecule has 0 aromatic heterocycles. The fourth-order valence-electron chi connectivity index (χ4n) is 1.69. The third-order valence-electron chi connectivity index (χ3n) is 2.64. The molecule has 76 valence electrons. The molecule has 0 bridgehead atoms. The van der Waals surface area contributed by atoms with Crippen molar-refractivity contribution < 1.29 is 9.90 Å². The number of unbranched alkanes of at least 4 members (excludes halogenated alkanes) is 1. The van der Waals surface area contributed by atoms with Crippen LogP contribution in [-0.2, 0) is 4.79 Å². The molecule has 13 heavy (non-hydrogen) atoms. The van der Waals surface area contributed by atoms with Crippen LogP contribution < -0.4 is 0 Å². The molecular weight excluding hydrogens is 166 g/mol. The van der Waals surface area contributed by atoms with E-state index in [1.165, 1.54) is 0 Å². The lowest BCUT2D eigenvalue weighted by Gasteiger charge is -2.15. The molecule has 3 nitrogen and oxygen atoms in total. The summed E-state index contributed by atoms with van der Waals surface area (Å²) in [7, 11) is 0. The van der Waals surface area contributed by atoms with Crippen LogP contribution in [0.1, 0.15) is 32.6 Å². The number of rotatable bonds is 4. The number of aliphatic hydroxyl groups excluding tert-OH is 1. The molecule has 1 N–H and O–H groups in total. The van der Waals surface area contributed by atoms with Crippen molar-refractivity contribution in [1.29, 1.82) is 0 Å². The number of amides is 1. The lowest BCUT2D eigenvalue weighted by Crippen LogP contribution is -2.28. The van der Waals surface area contributed by atoms with Crippen LogP contribution in [-0.4, -0.2) is 35.6 Å². The topological polar surface area (TPSA) is 40.5 Å². The fraction of sp³-hybridized carbons (Fsp3) is 0.900. The van der Waals surface area contributed by atoms with Gasteiger partial charge in [-0.3, -0.25) is 4.79 Å². The highest BCUT2D eigenvalue weighted by Crippen LogP contribution is 2.16. The Balaban J connectivity index is 2.25. The molecule has 0 saturated carbocycles. The van der Waals surface area contributed by atoms with Gasteiger partial charge in [0.25, 0.3) is 0 Å². The van der Waals surface area contributed by atoms with E-state index in [4.69, 9.17) is 5.11 Å². The lowest BCUT2D eigenvalue weighted by atomic mass is 10.1. The third kappa shape index (κ3) is 2.99. The molecule has 1 aliphatic heterocycles. The third-order valence-corrected chi connectivity index (χ3v) is 2.64. The monoisotopic (exact) mass is 185 g/mol. The van der Waals surface area contributed by atoms with Crippen LogP contribution in [0.5, 0.6) is 0 Å². The molecule has 1 atom stereocenters. The highest BCUT2D eigenvalue weighted by atomic mass is 16.3. The zero-order chi connectivity index (χ0) is 9.68. The van der Waals surface area contributed by atoms with E-state index in [2.05, 4.69) is 6.92 Å². The molecule has 0 spiro atoms. The number of likely N-dealkylation sites (tertiary alicyclic amines) is 1. The number of carbonyl (C=O) groups is 1. The summed E-state index contributed by atoms with van der Waals surface area (Å²) in [6.45, 7) is 3.91. The van der Waals surface area contributed by atoms with E-state index in [1.807, 2.05) is 4.90 Å². The van der Waals surface area contributed by atoms with Crippen LogP contribution in [0, 0.1) is 5.92 Å². The van der Waals surface area contributed by atoms with Crippen LogP contribution in [0.4, 0.5) is 0 Å². The zero-order valence-corrected chi connectivity index (χ0v) is 8.33. The summed E-state index contributed by atoms with van der Waals surface area (Å²) in [6, 6.07) is 0. The normalized spacial score (nSPS) is 22.3. The van der Waals surface area contributed by atoms with E-state index in [0.717, 1.165) is 32.4 Å². The first-order chi connectivity index (χ1) is 6.27. The summed E-state index contributed by atoms with van der Waals surface area (Å²) in [5.74, 6) is 0.586. The van der Waals surface area contributed by atoms with Crippen molar-refractivity contribution >= 4 is 5.91 Å². The summed E-state index contributed by atoms with van der Waals surface area (Å²) >= 11 is 0. The Hall–Kier alpha value is -0.570. The second-order valence-corrected chi connectivity index (χ2v) is 3.78. The zero-order valence-electron chi connectivity index (χ0n) is 8.33. The molecule has 1 amide bonds. The molecule has 1 rings (SSSR count). The van der Waals surface area contributed by atoms with Gasteiger partial charge >= 0.3 is 0 Å². The number of carbonyl (C=O) groups excluding carboxylic acids is 1. The summed E-state index contributed by atoms with van der Waals surface area (Å²) in [5.41, 5.74) is 0. The standard InChI is InChI=1S/C10H19NO2/c1-2-3-4-10(13)11-6-5-9(7-11)8-12/h9,12H,2-8H2,1H3. The van der Waals surface area contributed by atoms with Crippen molar-refractivity contribution in [3.8, 4) is 0 Å². The van der Waals surface area contributed by atoms with Crippen LogP contribution in [0.25, 0.3) is 0 Å². The van der Waals surface area contributed by atoms with E-state index in [0.29, 0.717) is 12.3 Å². The van der Waals surface area contributed by atoms with E-state index in [-0.39, 0.29) is 12.5 Å². The Labute approximate surface area is 79.7 Å². The van der Waals surface area contributed by atoms with Gasteiger partial charge in [-0.1, -0.05) is 13.3 Å². The molecular formula is C10H19NO2. The molecule has 1 heterocycles. The first-order valence-electron chi connectivity index (χ1n) is 5.16. The average molecular weight is 185 g/mol.